The minimum Gasteiger partial charge on any atom is -0.368 e. The fourth-order valence-electron chi connectivity index (χ4n) is 3.20. The standard InChI is InChI=1S/C21H24N2O2/c1-16-5-3-4-6-19(16)15-21(25)23-13-11-22(12-14-23)20-9-7-18(8-10-20)17(2)24/h3-10H,11-15H2,1-2H3. The van der Waals surface area contributed by atoms with Crippen LogP contribution in [0.4, 0.5) is 5.69 Å². The van der Waals surface area contributed by atoms with Crippen molar-refractivity contribution in [3.05, 3.63) is 65.2 Å². The van der Waals surface area contributed by atoms with Gasteiger partial charge in [-0.25, -0.2) is 0 Å². The van der Waals surface area contributed by atoms with Crippen molar-refractivity contribution in [2.45, 2.75) is 20.3 Å². The van der Waals surface area contributed by atoms with Crippen LogP contribution < -0.4 is 4.90 Å². The van der Waals surface area contributed by atoms with E-state index in [1.54, 1.807) is 6.92 Å². The number of aryl methyl sites for hydroxylation is 1. The van der Waals surface area contributed by atoms with Crippen molar-refractivity contribution in [3.63, 3.8) is 0 Å². The van der Waals surface area contributed by atoms with Crippen LogP contribution in [-0.2, 0) is 11.2 Å². The Morgan fingerprint density at radius 1 is 0.920 bits per heavy atom. The molecule has 2 aromatic carbocycles. The van der Waals surface area contributed by atoms with Gasteiger partial charge in [0, 0.05) is 37.4 Å². The zero-order valence-electron chi connectivity index (χ0n) is 14.9. The number of carbonyl (C=O) groups excluding carboxylic acids is 2. The Morgan fingerprint density at radius 2 is 1.56 bits per heavy atom. The molecule has 4 nitrogen and oxygen atoms in total. The molecule has 4 heteroatoms. The molecule has 0 bridgehead atoms. The predicted octanol–water partition coefficient (Wildman–Crippen LogP) is 3.09. The highest BCUT2D eigenvalue weighted by Gasteiger charge is 2.21. The maximum Gasteiger partial charge on any atom is 0.227 e. The molecule has 0 radical (unpaired) electrons. The first-order chi connectivity index (χ1) is 12.0. The zero-order valence-corrected chi connectivity index (χ0v) is 14.9. The summed E-state index contributed by atoms with van der Waals surface area (Å²) in [6.07, 6.45) is 0.472. The smallest absolute Gasteiger partial charge is 0.227 e. The third-order valence-electron chi connectivity index (χ3n) is 4.87. The van der Waals surface area contributed by atoms with Crippen LogP contribution in [0.3, 0.4) is 0 Å². The Labute approximate surface area is 149 Å². The molecule has 0 N–H and O–H groups in total. The Hall–Kier alpha value is -2.62. The fraction of sp³-hybridized carbons (Fsp3) is 0.333. The summed E-state index contributed by atoms with van der Waals surface area (Å²) in [7, 11) is 0. The summed E-state index contributed by atoms with van der Waals surface area (Å²) in [5.41, 5.74) is 4.11. The first-order valence-corrected chi connectivity index (χ1v) is 8.73. The lowest BCUT2D eigenvalue weighted by Gasteiger charge is -2.36. The molecular weight excluding hydrogens is 312 g/mol. The Balaban J connectivity index is 1.57. The van der Waals surface area contributed by atoms with Crippen LogP contribution in [0.5, 0.6) is 0 Å². The van der Waals surface area contributed by atoms with Gasteiger partial charge in [-0.3, -0.25) is 9.59 Å². The van der Waals surface area contributed by atoms with Gasteiger partial charge in [-0.2, -0.15) is 0 Å². The molecule has 130 valence electrons. The number of Topliss-reactive ketones (excluding diaryl/α,β-unsaturated/α-hetero) is 1. The van der Waals surface area contributed by atoms with Crippen molar-refractivity contribution < 1.29 is 9.59 Å². The molecular formula is C21H24N2O2. The van der Waals surface area contributed by atoms with Crippen LogP contribution in [0, 0.1) is 6.92 Å². The van der Waals surface area contributed by atoms with E-state index in [0.29, 0.717) is 6.42 Å². The molecule has 0 saturated carbocycles. The van der Waals surface area contributed by atoms with E-state index in [4.69, 9.17) is 0 Å². The van der Waals surface area contributed by atoms with Crippen LogP contribution in [0.25, 0.3) is 0 Å². The van der Waals surface area contributed by atoms with Crippen LogP contribution in [-0.4, -0.2) is 42.8 Å². The van der Waals surface area contributed by atoms with Gasteiger partial charge in [0.1, 0.15) is 0 Å². The summed E-state index contributed by atoms with van der Waals surface area (Å²) in [6, 6.07) is 15.8. The molecule has 0 aliphatic carbocycles. The minimum absolute atomic E-state index is 0.0816. The molecule has 25 heavy (non-hydrogen) atoms. The first kappa shape index (κ1) is 17.2. The van der Waals surface area contributed by atoms with Crippen molar-refractivity contribution in [2.24, 2.45) is 0 Å². The van der Waals surface area contributed by atoms with Gasteiger partial charge >= 0.3 is 0 Å². The number of piperazine rings is 1. The summed E-state index contributed by atoms with van der Waals surface area (Å²) in [5, 5.41) is 0. The number of hydrogen-bond acceptors (Lipinski definition) is 3. The second kappa shape index (κ2) is 7.51. The van der Waals surface area contributed by atoms with Crippen LogP contribution >= 0.6 is 0 Å². The minimum atomic E-state index is 0.0816. The monoisotopic (exact) mass is 336 g/mol. The van der Waals surface area contributed by atoms with Gasteiger partial charge in [0.15, 0.2) is 5.78 Å². The first-order valence-electron chi connectivity index (χ1n) is 8.73. The van der Waals surface area contributed by atoms with Crippen molar-refractivity contribution in [2.75, 3.05) is 31.1 Å². The Bertz CT molecular complexity index is 760. The molecule has 0 spiro atoms. The van der Waals surface area contributed by atoms with Gasteiger partial charge in [-0.05, 0) is 49.2 Å². The van der Waals surface area contributed by atoms with Crippen molar-refractivity contribution in [1.29, 1.82) is 0 Å². The number of rotatable bonds is 4. The lowest BCUT2D eigenvalue weighted by molar-refractivity contribution is -0.130. The van der Waals surface area contributed by atoms with E-state index in [9.17, 15) is 9.59 Å². The highest BCUT2D eigenvalue weighted by atomic mass is 16.2. The van der Waals surface area contributed by atoms with E-state index in [0.717, 1.165) is 43.0 Å². The summed E-state index contributed by atoms with van der Waals surface area (Å²) >= 11 is 0. The van der Waals surface area contributed by atoms with E-state index >= 15 is 0 Å². The quantitative estimate of drug-likeness (QED) is 0.806. The second-order valence-electron chi connectivity index (χ2n) is 6.57. The third kappa shape index (κ3) is 4.08. The molecule has 0 unspecified atom stereocenters. The Morgan fingerprint density at radius 3 is 2.16 bits per heavy atom. The highest BCUT2D eigenvalue weighted by Crippen LogP contribution is 2.18. The third-order valence-corrected chi connectivity index (χ3v) is 4.87. The molecule has 1 aliphatic heterocycles. The zero-order chi connectivity index (χ0) is 17.8. The summed E-state index contributed by atoms with van der Waals surface area (Å²) in [6.45, 7) is 6.73. The number of ketones is 1. The van der Waals surface area contributed by atoms with Gasteiger partial charge in [0.2, 0.25) is 5.91 Å². The lowest BCUT2D eigenvalue weighted by Crippen LogP contribution is -2.49. The maximum atomic E-state index is 12.6. The highest BCUT2D eigenvalue weighted by molar-refractivity contribution is 5.94. The number of hydrogen-bond donors (Lipinski definition) is 0. The van der Waals surface area contributed by atoms with Gasteiger partial charge in [0.05, 0.1) is 6.42 Å². The number of benzene rings is 2. The van der Waals surface area contributed by atoms with Gasteiger partial charge in [-0.1, -0.05) is 24.3 Å². The molecule has 2 aromatic rings. The largest absolute Gasteiger partial charge is 0.368 e. The molecule has 1 heterocycles. The van der Waals surface area contributed by atoms with E-state index in [1.165, 1.54) is 5.56 Å². The normalized spacial score (nSPS) is 14.5. The summed E-state index contributed by atoms with van der Waals surface area (Å²) < 4.78 is 0. The number of nitrogens with zero attached hydrogens (tertiary/aromatic N) is 2. The van der Waals surface area contributed by atoms with Crippen LogP contribution in [0.1, 0.15) is 28.4 Å². The van der Waals surface area contributed by atoms with Gasteiger partial charge in [0.25, 0.3) is 0 Å². The summed E-state index contributed by atoms with van der Waals surface area (Å²) in [4.78, 5) is 28.1. The molecule has 1 fully saturated rings. The molecule has 0 atom stereocenters. The van der Waals surface area contributed by atoms with Gasteiger partial charge in [-0.15, -0.1) is 0 Å². The van der Waals surface area contributed by atoms with Crippen LogP contribution in [0.15, 0.2) is 48.5 Å². The topological polar surface area (TPSA) is 40.6 Å². The molecule has 1 saturated heterocycles. The molecule has 3 rings (SSSR count). The number of anilines is 1. The molecule has 0 aromatic heterocycles. The molecule has 1 aliphatic rings. The van der Waals surface area contributed by atoms with Crippen molar-refractivity contribution in [3.8, 4) is 0 Å². The van der Waals surface area contributed by atoms with Gasteiger partial charge < -0.3 is 9.80 Å². The fourth-order valence-corrected chi connectivity index (χ4v) is 3.20. The van der Waals surface area contributed by atoms with E-state index in [-0.39, 0.29) is 11.7 Å². The van der Waals surface area contributed by atoms with Crippen LogP contribution in [0.2, 0.25) is 0 Å². The number of amides is 1. The average molecular weight is 336 g/mol. The van der Waals surface area contributed by atoms with Crippen molar-refractivity contribution in [1.82, 2.24) is 4.90 Å². The summed E-state index contributed by atoms with van der Waals surface area (Å²) in [5.74, 6) is 0.277. The Kier molecular flexibility index (Phi) is 5.17. The average Bonchev–Trinajstić information content (AvgIpc) is 2.64. The number of carbonyl (C=O) groups is 2. The van der Waals surface area contributed by atoms with Crippen molar-refractivity contribution >= 4 is 17.4 Å². The predicted molar refractivity (Wildman–Crippen MR) is 100 cm³/mol. The lowest BCUT2D eigenvalue weighted by atomic mass is 10.1. The maximum absolute atomic E-state index is 12.6. The second-order valence-corrected chi connectivity index (χ2v) is 6.57. The van der Waals surface area contributed by atoms with E-state index < -0.39 is 0 Å². The SMILES string of the molecule is CC(=O)c1ccc(N2CCN(C(=O)Cc3ccccc3C)CC2)cc1. The van der Waals surface area contributed by atoms with E-state index in [1.807, 2.05) is 60.4 Å². The molecule has 1 amide bonds. The van der Waals surface area contributed by atoms with E-state index in [2.05, 4.69) is 4.90 Å².